The maximum atomic E-state index is 10.7. The predicted molar refractivity (Wildman–Crippen MR) is 120 cm³/mol. The van der Waals surface area contributed by atoms with Gasteiger partial charge in [0.1, 0.15) is 48.8 Å². The van der Waals surface area contributed by atoms with Crippen LogP contribution in [0.25, 0.3) is 0 Å². The maximum absolute atomic E-state index is 10.7. The molecule has 202 valence electrons. The summed E-state index contributed by atoms with van der Waals surface area (Å²) in [6.45, 7) is 2.80. The number of hydrogen-bond donors (Lipinski definition) is 7. The Morgan fingerprint density at radius 1 is 0.676 bits per heavy atom. The van der Waals surface area contributed by atoms with E-state index in [0.29, 0.717) is 0 Å². The number of ether oxygens (including phenoxy) is 4. The molecule has 34 heavy (non-hydrogen) atoms. The molecular weight excluding hydrogens is 452 g/mol. The summed E-state index contributed by atoms with van der Waals surface area (Å²) in [7, 11) is 0. The van der Waals surface area contributed by atoms with E-state index >= 15 is 0 Å². The average molecular weight is 497 g/mol. The lowest BCUT2D eigenvalue weighted by molar-refractivity contribution is -0.362. The van der Waals surface area contributed by atoms with Crippen LogP contribution in [0.15, 0.2) is 0 Å². The van der Waals surface area contributed by atoms with E-state index in [2.05, 4.69) is 6.92 Å². The zero-order valence-corrected chi connectivity index (χ0v) is 20.2. The third kappa shape index (κ3) is 8.04. The second-order valence-electron chi connectivity index (χ2n) is 9.36. The van der Waals surface area contributed by atoms with Crippen LogP contribution < -0.4 is 0 Å². The largest absolute Gasteiger partial charge is 0.394 e. The number of hydrogen-bond acceptors (Lipinski definition) is 11. The lowest BCUT2D eigenvalue weighted by atomic mass is 9.97. The highest BCUT2D eigenvalue weighted by Crippen LogP contribution is 2.30. The predicted octanol–water partition coefficient (Wildman–Crippen LogP) is -0.844. The van der Waals surface area contributed by atoms with E-state index in [0.717, 1.165) is 25.7 Å². The van der Waals surface area contributed by atoms with Crippen LogP contribution in [0.2, 0.25) is 0 Å². The fourth-order valence-electron chi connectivity index (χ4n) is 4.35. The van der Waals surface area contributed by atoms with Crippen molar-refractivity contribution in [3.8, 4) is 0 Å². The van der Waals surface area contributed by atoms with E-state index in [4.69, 9.17) is 18.9 Å². The van der Waals surface area contributed by atoms with Crippen molar-refractivity contribution in [2.24, 2.45) is 0 Å². The Balaban J connectivity index is 1.87. The van der Waals surface area contributed by atoms with E-state index < -0.39 is 74.6 Å². The third-order valence-electron chi connectivity index (χ3n) is 6.54. The number of unbranched alkanes of at least 4 members (excludes halogenated alkanes) is 6. The zero-order chi connectivity index (χ0) is 25.3. The molecule has 11 nitrogen and oxygen atoms in total. The van der Waals surface area contributed by atoms with Gasteiger partial charge in [0.15, 0.2) is 12.6 Å². The molecule has 0 aromatic rings. The van der Waals surface area contributed by atoms with E-state index in [9.17, 15) is 35.7 Å². The van der Waals surface area contributed by atoms with Gasteiger partial charge in [-0.15, -0.1) is 0 Å². The van der Waals surface area contributed by atoms with Gasteiger partial charge in [-0.3, -0.25) is 0 Å². The van der Waals surface area contributed by atoms with Gasteiger partial charge in [-0.25, -0.2) is 0 Å². The van der Waals surface area contributed by atoms with Crippen molar-refractivity contribution in [2.45, 2.75) is 133 Å². The molecule has 1 unspecified atom stereocenters. The Hall–Kier alpha value is -0.440. The summed E-state index contributed by atoms with van der Waals surface area (Å²) in [5.74, 6) is 0. The van der Waals surface area contributed by atoms with Crippen LogP contribution in [0.5, 0.6) is 0 Å². The van der Waals surface area contributed by atoms with E-state index in [1.807, 2.05) is 6.92 Å². The van der Waals surface area contributed by atoms with Gasteiger partial charge in [0.25, 0.3) is 0 Å². The topological polar surface area (TPSA) is 179 Å². The van der Waals surface area contributed by atoms with Gasteiger partial charge in [-0.2, -0.15) is 0 Å². The Morgan fingerprint density at radius 3 is 1.85 bits per heavy atom. The van der Waals surface area contributed by atoms with Crippen LogP contribution in [0, 0.1) is 0 Å². The Kier molecular flexibility index (Phi) is 13.1. The molecule has 2 aliphatic heterocycles. The molecule has 0 aromatic heterocycles. The molecule has 11 heteroatoms. The number of rotatable bonds is 14. The Bertz CT molecular complexity index is 549. The molecule has 0 aromatic carbocycles. The molecular formula is C23H44O11. The molecule has 2 saturated heterocycles. The van der Waals surface area contributed by atoms with Crippen molar-refractivity contribution >= 4 is 0 Å². The van der Waals surface area contributed by atoms with Crippen molar-refractivity contribution < 1.29 is 54.7 Å². The minimum atomic E-state index is -1.70. The van der Waals surface area contributed by atoms with E-state index in [1.54, 1.807) is 0 Å². The molecule has 0 amide bonds. The minimum Gasteiger partial charge on any atom is -0.394 e. The van der Waals surface area contributed by atoms with Crippen molar-refractivity contribution in [1.29, 1.82) is 0 Å². The standard InChI is InChI=1S/C23H44O11/c1-3-4-5-6-7-8-9-10-13(2)31-22-20(30)18(28)21(15(12-25)33-22)34-23-19(29)17(27)16(26)14(11-24)32-23/h13-30H,3-12H2,1-2H3/t13?,14-,15-,16-,17+,18-,19-,20-,21-,22-,23-/m1/s1. The van der Waals surface area contributed by atoms with Gasteiger partial charge < -0.3 is 54.7 Å². The van der Waals surface area contributed by atoms with Crippen LogP contribution in [-0.2, 0) is 18.9 Å². The van der Waals surface area contributed by atoms with Crippen LogP contribution in [0.4, 0.5) is 0 Å². The van der Waals surface area contributed by atoms with Crippen LogP contribution in [0.3, 0.4) is 0 Å². The first kappa shape index (κ1) is 29.8. The second kappa shape index (κ2) is 15.0. The van der Waals surface area contributed by atoms with Gasteiger partial charge in [0.2, 0.25) is 0 Å². The summed E-state index contributed by atoms with van der Waals surface area (Å²) < 4.78 is 22.3. The zero-order valence-electron chi connectivity index (χ0n) is 20.2. The normalized spacial score (nSPS) is 39.8. The van der Waals surface area contributed by atoms with Crippen molar-refractivity contribution in [3.63, 3.8) is 0 Å². The molecule has 2 heterocycles. The highest BCUT2D eigenvalue weighted by Gasteiger charge is 2.50. The van der Waals surface area contributed by atoms with Crippen LogP contribution in [0.1, 0.15) is 65.2 Å². The first-order valence-electron chi connectivity index (χ1n) is 12.5. The summed E-state index contributed by atoms with van der Waals surface area (Å²) in [6, 6.07) is 0. The lowest BCUT2D eigenvalue weighted by Gasteiger charge is -2.46. The average Bonchev–Trinajstić information content (AvgIpc) is 2.83. The van der Waals surface area contributed by atoms with Crippen LogP contribution in [-0.4, -0.2) is 116 Å². The lowest BCUT2D eigenvalue weighted by Crippen LogP contribution is -2.64. The van der Waals surface area contributed by atoms with Crippen LogP contribution >= 0.6 is 0 Å². The van der Waals surface area contributed by atoms with E-state index in [-0.39, 0.29) is 6.10 Å². The molecule has 2 rings (SSSR count). The highest BCUT2D eigenvalue weighted by atomic mass is 16.7. The summed E-state index contributed by atoms with van der Waals surface area (Å²) >= 11 is 0. The van der Waals surface area contributed by atoms with Gasteiger partial charge in [-0.1, -0.05) is 51.9 Å². The maximum Gasteiger partial charge on any atom is 0.187 e. The Labute approximate surface area is 201 Å². The summed E-state index contributed by atoms with van der Waals surface area (Å²) in [4.78, 5) is 0. The van der Waals surface area contributed by atoms with Gasteiger partial charge in [-0.05, 0) is 13.3 Å². The molecule has 0 bridgehead atoms. The van der Waals surface area contributed by atoms with Gasteiger partial charge in [0, 0.05) is 0 Å². The summed E-state index contributed by atoms with van der Waals surface area (Å²) in [6.07, 6.45) is -5.75. The van der Waals surface area contributed by atoms with Crippen molar-refractivity contribution in [1.82, 2.24) is 0 Å². The first-order chi connectivity index (χ1) is 16.2. The van der Waals surface area contributed by atoms with Gasteiger partial charge in [0.05, 0.1) is 19.3 Å². The molecule has 0 aliphatic carbocycles. The molecule has 2 fully saturated rings. The number of aliphatic hydroxyl groups is 7. The SMILES string of the molecule is CCCCCCCCCC(C)O[C@@H]1O[C@H](CO)[C@@H](O[C@H]2O[C@H](CO)[C@@H](O)[C@H](O)[C@H]2O)[C@H](O)[C@H]1O. The molecule has 0 radical (unpaired) electrons. The van der Waals surface area contributed by atoms with Crippen molar-refractivity contribution in [2.75, 3.05) is 13.2 Å². The molecule has 0 saturated carbocycles. The molecule has 0 spiro atoms. The summed E-state index contributed by atoms with van der Waals surface area (Å²) in [5.41, 5.74) is 0. The smallest absolute Gasteiger partial charge is 0.187 e. The first-order valence-corrected chi connectivity index (χ1v) is 12.5. The molecule has 2 aliphatic rings. The fourth-order valence-corrected chi connectivity index (χ4v) is 4.35. The molecule has 7 N–H and O–H groups in total. The molecule has 11 atom stereocenters. The van der Waals surface area contributed by atoms with Crippen molar-refractivity contribution in [3.05, 3.63) is 0 Å². The highest BCUT2D eigenvalue weighted by molar-refractivity contribution is 4.94. The Morgan fingerprint density at radius 2 is 1.24 bits per heavy atom. The van der Waals surface area contributed by atoms with Gasteiger partial charge >= 0.3 is 0 Å². The quantitative estimate of drug-likeness (QED) is 0.149. The third-order valence-corrected chi connectivity index (χ3v) is 6.54. The summed E-state index contributed by atoms with van der Waals surface area (Å²) in [5, 5.41) is 70.3. The monoisotopic (exact) mass is 496 g/mol. The minimum absolute atomic E-state index is 0.246. The number of aliphatic hydroxyl groups excluding tert-OH is 7. The fraction of sp³-hybridized carbons (Fsp3) is 1.00. The second-order valence-corrected chi connectivity index (χ2v) is 9.36. The van der Waals surface area contributed by atoms with E-state index in [1.165, 1.54) is 25.7 Å².